The van der Waals surface area contributed by atoms with E-state index in [0.717, 1.165) is 25.8 Å². The van der Waals surface area contributed by atoms with Crippen molar-refractivity contribution in [3.8, 4) is 0 Å². The predicted octanol–water partition coefficient (Wildman–Crippen LogP) is 1.25. The van der Waals surface area contributed by atoms with Gasteiger partial charge in [-0.3, -0.25) is 0 Å². The molecule has 0 aliphatic carbocycles. The number of nitrogens with one attached hydrogen (secondary N) is 2. The van der Waals surface area contributed by atoms with Crippen molar-refractivity contribution in [2.45, 2.75) is 30.5 Å². The summed E-state index contributed by atoms with van der Waals surface area (Å²) in [5, 5.41) is 3.02. The van der Waals surface area contributed by atoms with Crippen molar-refractivity contribution in [1.82, 2.24) is 15.0 Å². The highest BCUT2D eigenvalue weighted by Gasteiger charge is 2.23. The Hall–Kier alpha value is -1.44. The van der Waals surface area contributed by atoms with Gasteiger partial charge < -0.3 is 9.73 Å². The smallest absolute Gasteiger partial charge is 0.331 e. The van der Waals surface area contributed by atoms with Crippen LogP contribution in [0.2, 0.25) is 0 Å². The van der Waals surface area contributed by atoms with Gasteiger partial charge >= 0.3 is 5.22 Å². The Morgan fingerprint density at radius 3 is 2.95 bits per heavy atom. The lowest BCUT2D eigenvalue weighted by molar-refractivity contribution is 0.394. The molecule has 1 aromatic heterocycles. The molecule has 0 saturated carbocycles. The van der Waals surface area contributed by atoms with E-state index in [1.165, 1.54) is 0 Å². The molecule has 1 aromatic carbocycles. The van der Waals surface area contributed by atoms with Gasteiger partial charge in [0.2, 0.25) is 0 Å². The second-order valence-electron chi connectivity index (χ2n) is 4.95. The summed E-state index contributed by atoms with van der Waals surface area (Å²) in [6.07, 6.45) is 3.26. The molecule has 2 N–H and O–H groups in total. The topological polar surface area (TPSA) is 84.2 Å². The molecule has 1 aliphatic heterocycles. The van der Waals surface area contributed by atoms with Crippen LogP contribution in [0.3, 0.4) is 0 Å². The van der Waals surface area contributed by atoms with Crippen LogP contribution in [-0.2, 0) is 10.0 Å². The van der Waals surface area contributed by atoms with Crippen LogP contribution in [0.4, 0.5) is 0 Å². The summed E-state index contributed by atoms with van der Waals surface area (Å²) in [4.78, 5) is 4.01. The minimum atomic E-state index is -3.69. The van der Waals surface area contributed by atoms with Gasteiger partial charge in [-0.2, -0.15) is 4.98 Å². The van der Waals surface area contributed by atoms with Crippen LogP contribution in [0.15, 0.2) is 33.9 Å². The first kappa shape index (κ1) is 13.5. The third-order valence-corrected chi connectivity index (χ3v) is 4.62. The molecule has 7 heteroatoms. The number of aromatic nitrogens is 1. The van der Waals surface area contributed by atoms with E-state index in [-0.39, 0.29) is 11.3 Å². The minimum Gasteiger partial charge on any atom is -0.427 e. The van der Waals surface area contributed by atoms with E-state index >= 15 is 0 Å². The third kappa shape index (κ3) is 2.84. The summed E-state index contributed by atoms with van der Waals surface area (Å²) >= 11 is 0. The van der Waals surface area contributed by atoms with Gasteiger partial charge in [-0.25, -0.2) is 13.1 Å². The average Bonchev–Trinajstić information content (AvgIpc) is 2.91. The maximum absolute atomic E-state index is 12.1. The van der Waals surface area contributed by atoms with Crippen LogP contribution < -0.4 is 10.0 Å². The Bertz CT molecular complexity index is 657. The molecule has 3 rings (SSSR count). The number of oxazole rings is 1. The summed E-state index contributed by atoms with van der Waals surface area (Å²) in [6.45, 7) is 1.30. The molecule has 1 saturated heterocycles. The standard InChI is InChI=1S/C13H17N3O3S/c17-20(18,15-9-10-5-3-4-8-14-10)13-16-11-6-1-2-7-12(11)19-13/h1-2,6-7,10,14-15H,3-5,8-9H2/t10-/m0/s1. The summed E-state index contributed by atoms with van der Waals surface area (Å²) in [5.41, 5.74) is 1.02. The zero-order valence-electron chi connectivity index (χ0n) is 11.0. The number of para-hydroxylation sites is 2. The zero-order valence-corrected chi connectivity index (χ0v) is 11.8. The maximum Gasteiger partial charge on any atom is 0.331 e. The molecular formula is C13H17N3O3S. The fourth-order valence-electron chi connectivity index (χ4n) is 2.34. The Morgan fingerprint density at radius 1 is 1.35 bits per heavy atom. The van der Waals surface area contributed by atoms with E-state index in [4.69, 9.17) is 4.42 Å². The van der Waals surface area contributed by atoms with Crippen molar-refractivity contribution in [3.05, 3.63) is 24.3 Å². The fourth-order valence-corrected chi connectivity index (χ4v) is 3.30. The van der Waals surface area contributed by atoms with Gasteiger partial charge in [0.15, 0.2) is 5.58 Å². The van der Waals surface area contributed by atoms with Crippen molar-refractivity contribution >= 4 is 21.1 Å². The van der Waals surface area contributed by atoms with E-state index in [1.807, 2.05) is 0 Å². The highest BCUT2D eigenvalue weighted by Crippen LogP contribution is 2.18. The highest BCUT2D eigenvalue weighted by molar-refractivity contribution is 7.89. The van der Waals surface area contributed by atoms with Crippen LogP contribution in [-0.4, -0.2) is 32.5 Å². The Balaban J connectivity index is 1.73. The Labute approximate surface area is 117 Å². The summed E-state index contributed by atoms with van der Waals surface area (Å²) in [6, 6.07) is 7.18. The second kappa shape index (κ2) is 5.51. The molecule has 0 unspecified atom stereocenters. The molecule has 20 heavy (non-hydrogen) atoms. The number of fused-ring (bicyclic) bond motifs is 1. The molecule has 108 valence electrons. The van der Waals surface area contributed by atoms with Gasteiger partial charge in [0.1, 0.15) is 5.52 Å². The van der Waals surface area contributed by atoms with Crippen LogP contribution in [0.1, 0.15) is 19.3 Å². The normalized spacial score (nSPS) is 20.3. The number of benzene rings is 1. The largest absolute Gasteiger partial charge is 0.427 e. The monoisotopic (exact) mass is 295 g/mol. The third-order valence-electron chi connectivity index (χ3n) is 3.44. The van der Waals surface area contributed by atoms with E-state index in [0.29, 0.717) is 17.6 Å². The predicted molar refractivity (Wildman–Crippen MR) is 74.8 cm³/mol. The maximum atomic E-state index is 12.1. The lowest BCUT2D eigenvalue weighted by Crippen LogP contribution is -2.43. The molecule has 2 heterocycles. The van der Waals surface area contributed by atoms with E-state index in [9.17, 15) is 8.42 Å². The molecule has 6 nitrogen and oxygen atoms in total. The molecule has 2 aromatic rings. The highest BCUT2D eigenvalue weighted by atomic mass is 32.2. The van der Waals surface area contributed by atoms with Crippen LogP contribution >= 0.6 is 0 Å². The van der Waals surface area contributed by atoms with E-state index in [2.05, 4.69) is 15.0 Å². The van der Waals surface area contributed by atoms with Gasteiger partial charge in [-0.1, -0.05) is 18.6 Å². The fraction of sp³-hybridized carbons (Fsp3) is 0.462. The van der Waals surface area contributed by atoms with Crippen molar-refractivity contribution in [2.75, 3.05) is 13.1 Å². The van der Waals surface area contributed by atoms with E-state index in [1.54, 1.807) is 24.3 Å². The number of piperidine rings is 1. The molecule has 0 amide bonds. The van der Waals surface area contributed by atoms with Crippen molar-refractivity contribution in [2.24, 2.45) is 0 Å². The Kier molecular flexibility index (Phi) is 3.73. The van der Waals surface area contributed by atoms with Gasteiger partial charge in [0.25, 0.3) is 10.0 Å². The molecule has 0 radical (unpaired) electrons. The number of sulfonamides is 1. The van der Waals surface area contributed by atoms with Crippen molar-refractivity contribution in [1.29, 1.82) is 0 Å². The summed E-state index contributed by atoms with van der Waals surface area (Å²) in [7, 11) is -3.69. The van der Waals surface area contributed by atoms with Gasteiger partial charge in [-0.15, -0.1) is 0 Å². The van der Waals surface area contributed by atoms with Crippen LogP contribution in [0.25, 0.3) is 11.1 Å². The first-order valence-corrected chi connectivity index (χ1v) is 8.22. The van der Waals surface area contributed by atoms with E-state index < -0.39 is 10.0 Å². The number of hydrogen-bond acceptors (Lipinski definition) is 5. The van der Waals surface area contributed by atoms with Crippen LogP contribution in [0.5, 0.6) is 0 Å². The first-order chi connectivity index (χ1) is 9.65. The molecule has 1 aliphatic rings. The molecule has 0 spiro atoms. The SMILES string of the molecule is O=S(=O)(NC[C@@H]1CCCCN1)c1nc2ccccc2o1. The average molecular weight is 295 g/mol. The number of nitrogens with zero attached hydrogens (tertiary/aromatic N) is 1. The molecular weight excluding hydrogens is 278 g/mol. The number of rotatable bonds is 4. The van der Waals surface area contributed by atoms with Gasteiger partial charge in [-0.05, 0) is 31.5 Å². The van der Waals surface area contributed by atoms with Crippen LogP contribution in [0, 0.1) is 0 Å². The second-order valence-corrected chi connectivity index (χ2v) is 6.59. The molecule has 0 bridgehead atoms. The first-order valence-electron chi connectivity index (χ1n) is 6.74. The summed E-state index contributed by atoms with van der Waals surface area (Å²) < 4.78 is 32.1. The van der Waals surface area contributed by atoms with Gasteiger partial charge in [0.05, 0.1) is 0 Å². The van der Waals surface area contributed by atoms with Gasteiger partial charge in [0, 0.05) is 12.6 Å². The lowest BCUT2D eigenvalue weighted by atomic mass is 10.1. The lowest BCUT2D eigenvalue weighted by Gasteiger charge is -2.23. The zero-order chi connectivity index (χ0) is 14.0. The quantitative estimate of drug-likeness (QED) is 0.887. The Morgan fingerprint density at radius 2 is 2.20 bits per heavy atom. The molecule has 1 atom stereocenters. The minimum absolute atomic E-state index is 0.183. The summed E-state index contributed by atoms with van der Waals surface area (Å²) in [5.74, 6) is 0. The molecule has 1 fully saturated rings. The number of hydrogen-bond donors (Lipinski definition) is 2. The van der Waals surface area contributed by atoms with Crippen molar-refractivity contribution < 1.29 is 12.8 Å². The van der Waals surface area contributed by atoms with Crippen molar-refractivity contribution in [3.63, 3.8) is 0 Å².